The summed E-state index contributed by atoms with van der Waals surface area (Å²) in [6.07, 6.45) is 0.144. The van der Waals surface area contributed by atoms with Crippen LogP contribution in [0.5, 0.6) is 0 Å². The summed E-state index contributed by atoms with van der Waals surface area (Å²) in [5, 5.41) is 6.59. The van der Waals surface area contributed by atoms with Crippen LogP contribution >= 0.6 is 0 Å². The Morgan fingerprint density at radius 2 is 2.00 bits per heavy atom. The van der Waals surface area contributed by atoms with Gasteiger partial charge < -0.3 is 14.7 Å². The third kappa shape index (κ3) is 4.83. The normalized spacial score (nSPS) is 18.8. The van der Waals surface area contributed by atoms with Crippen molar-refractivity contribution < 1.29 is 22.9 Å². The van der Waals surface area contributed by atoms with Gasteiger partial charge in [-0.2, -0.15) is 4.39 Å². The largest absolute Gasteiger partial charge is 0.356 e. The van der Waals surface area contributed by atoms with Crippen molar-refractivity contribution in [2.45, 2.75) is 51.4 Å². The zero-order chi connectivity index (χ0) is 24.4. The van der Waals surface area contributed by atoms with Crippen LogP contribution in [0.3, 0.4) is 0 Å². The number of hydrogen-bond donors (Lipinski definition) is 1. The maximum Gasteiger partial charge on any atom is 0.243 e. The number of carbonyl (C=O) groups excluding carboxylic acids is 2. The van der Waals surface area contributed by atoms with Crippen LogP contribution in [-0.2, 0) is 9.59 Å². The monoisotopic (exact) mass is 468 g/mol. The van der Waals surface area contributed by atoms with Gasteiger partial charge in [-0.1, -0.05) is 43.3 Å². The van der Waals surface area contributed by atoms with Crippen LogP contribution < -0.4 is 5.32 Å². The summed E-state index contributed by atoms with van der Waals surface area (Å²) in [7, 11) is 0. The van der Waals surface area contributed by atoms with E-state index in [-0.39, 0.29) is 30.5 Å². The van der Waals surface area contributed by atoms with Gasteiger partial charge in [0.1, 0.15) is 12.2 Å². The summed E-state index contributed by atoms with van der Waals surface area (Å²) in [6.45, 7) is 4.90. The number of hydrogen-bond acceptors (Lipinski definition) is 5. The van der Waals surface area contributed by atoms with Gasteiger partial charge in [0, 0.05) is 30.5 Å². The summed E-state index contributed by atoms with van der Waals surface area (Å²) >= 11 is 0. The lowest BCUT2D eigenvalue weighted by Gasteiger charge is -2.26. The number of halogens is 2. The molecule has 178 valence electrons. The number of likely N-dealkylation sites (tertiary alicyclic amines) is 1. The Bertz CT molecular complexity index is 1180. The highest BCUT2D eigenvalue weighted by Crippen LogP contribution is 2.29. The molecule has 1 fully saturated rings. The van der Waals surface area contributed by atoms with Crippen LogP contribution in [0.4, 0.5) is 8.78 Å². The van der Waals surface area contributed by atoms with Crippen molar-refractivity contribution in [3.05, 3.63) is 71.4 Å². The highest BCUT2D eigenvalue weighted by Gasteiger charge is 2.39. The molecule has 4 rings (SSSR count). The standard InChI is InChI=1S/C25H26F2N4O3/c1-14(2)19-7-8-20(29-24(19)27)23(17-6-4-5-16(11-17)22-9-10-28-34-22)30-25(33)21-12-18(26)13-31(21)15(3)32/h4-11,14,18,21,23H,12-13H2,1-3H3,(H,30,33)/t18-,21+,23?/m1/s1. The molecule has 3 aromatic rings. The van der Waals surface area contributed by atoms with Gasteiger partial charge in [0.25, 0.3) is 0 Å². The fourth-order valence-corrected chi connectivity index (χ4v) is 4.23. The van der Waals surface area contributed by atoms with Crippen molar-refractivity contribution >= 4 is 11.8 Å². The summed E-state index contributed by atoms with van der Waals surface area (Å²) in [4.78, 5) is 30.5. The van der Waals surface area contributed by atoms with E-state index in [1.807, 2.05) is 19.9 Å². The molecule has 3 heterocycles. The molecule has 1 aliphatic heterocycles. The number of amides is 2. The van der Waals surface area contributed by atoms with Crippen molar-refractivity contribution in [2.24, 2.45) is 0 Å². The SMILES string of the molecule is CC(=O)N1C[C@H](F)C[C@H]1C(=O)NC(c1cccc(-c2ccno2)c1)c1ccc(C(C)C)c(F)n1. The minimum absolute atomic E-state index is 0.0616. The zero-order valence-electron chi connectivity index (χ0n) is 19.2. The van der Waals surface area contributed by atoms with E-state index in [9.17, 15) is 18.4 Å². The Morgan fingerprint density at radius 1 is 1.21 bits per heavy atom. The van der Waals surface area contributed by atoms with Crippen LogP contribution in [0.2, 0.25) is 0 Å². The highest BCUT2D eigenvalue weighted by atomic mass is 19.1. The second-order valence-electron chi connectivity index (χ2n) is 8.73. The third-order valence-corrected chi connectivity index (χ3v) is 6.00. The summed E-state index contributed by atoms with van der Waals surface area (Å²) in [5.74, 6) is -1.06. The summed E-state index contributed by atoms with van der Waals surface area (Å²) < 4.78 is 34.1. The van der Waals surface area contributed by atoms with Gasteiger partial charge in [0.2, 0.25) is 17.8 Å². The first-order chi connectivity index (χ1) is 16.2. The Labute approximate surface area is 196 Å². The van der Waals surface area contributed by atoms with Gasteiger partial charge in [0.15, 0.2) is 5.76 Å². The van der Waals surface area contributed by atoms with Crippen LogP contribution in [-0.4, -0.2) is 45.6 Å². The van der Waals surface area contributed by atoms with E-state index in [1.165, 1.54) is 18.0 Å². The average Bonchev–Trinajstić information content (AvgIpc) is 3.47. The molecule has 9 heteroatoms. The van der Waals surface area contributed by atoms with Gasteiger partial charge in [-0.3, -0.25) is 9.59 Å². The van der Waals surface area contributed by atoms with Gasteiger partial charge in [-0.05, 0) is 23.6 Å². The van der Waals surface area contributed by atoms with E-state index in [2.05, 4.69) is 15.5 Å². The van der Waals surface area contributed by atoms with Crippen molar-refractivity contribution in [2.75, 3.05) is 6.54 Å². The van der Waals surface area contributed by atoms with Crippen molar-refractivity contribution in [3.63, 3.8) is 0 Å². The van der Waals surface area contributed by atoms with Crippen LogP contribution in [0, 0.1) is 5.95 Å². The second kappa shape index (κ2) is 9.70. The molecule has 1 saturated heterocycles. The molecule has 2 aromatic heterocycles. The second-order valence-corrected chi connectivity index (χ2v) is 8.73. The average molecular weight is 469 g/mol. The van der Waals surface area contributed by atoms with E-state index in [1.54, 1.807) is 36.4 Å². The molecule has 0 spiro atoms. The Hall–Kier alpha value is -3.62. The molecular weight excluding hydrogens is 442 g/mol. The quantitative estimate of drug-likeness (QED) is 0.549. The van der Waals surface area contributed by atoms with Gasteiger partial charge in [-0.15, -0.1) is 0 Å². The third-order valence-electron chi connectivity index (χ3n) is 6.00. The first-order valence-corrected chi connectivity index (χ1v) is 11.1. The molecule has 3 atom stereocenters. The Morgan fingerprint density at radius 3 is 2.65 bits per heavy atom. The fraction of sp³-hybridized carbons (Fsp3) is 0.360. The topological polar surface area (TPSA) is 88.3 Å². The molecule has 0 aliphatic carbocycles. The van der Waals surface area contributed by atoms with E-state index in [0.717, 1.165) is 0 Å². The first-order valence-electron chi connectivity index (χ1n) is 11.1. The molecule has 1 aromatic carbocycles. The minimum atomic E-state index is -1.28. The van der Waals surface area contributed by atoms with Crippen LogP contribution in [0.15, 0.2) is 53.2 Å². The van der Waals surface area contributed by atoms with Crippen molar-refractivity contribution in [1.82, 2.24) is 20.4 Å². The lowest BCUT2D eigenvalue weighted by atomic mass is 9.97. The molecule has 2 amide bonds. The lowest BCUT2D eigenvalue weighted by Crippen LogP contribution is -2.46. The Balaban J connectivity index is 1.72. The molecule has 34 heavy (non-hydrogen) atoms. The zero-order valence-corrected chi connectivity index (χ0v) is 19.2. The van der Waals surface area contributed by atoms with Crippen molar-refractivity contribution in [3.8, 4) is 11.3 Å². The predicted molar refractivity (Wildman–Crippen MR) is 121 cm³/mol. The number of aromatic nitrogens is 2. The molecule has 1 aliphatic rings. The number of benzene rings is 1. The molecule has 7 nitrogen and oxygen atoms in total. The summed E-state index contributed by atoms with van der Waals surface area (Å²) in [5.41, 5.74) is 2.08. The van der Waals surface area contributed by atoms with Crippen LogP contribution in [0.25, 0.3) is 11.3 Å². The number of nitrogens with zero attached hydrogens (tertiary/aromatic N) is 3. The maximum absolute atomic E-state index is 14.8. The highest BCUT2D eigenvalue weighted by molar-refractivity contribution is 5.88. The first kappa shape index (κ1) is 23.5. The number of rotatable bonds is 6. The number of carbonyl (C=O) groups is 2. The maximum atomic E-state index is 14.8. The molecule has 1 N–H and O–H groups in total. The summed E-state index contributed by atoms with van der Waals surface area (Å²) in [6, 6.07) is 10.4. The van der Waals surface area contributed by atoms with E-state index in [4.69, 9.17) is 4.52 Å². The van der Waals surface area contributed by atoms with Gasteiger partial charge >= 0.3 is 0 Å². The molecule has 0 bridgehead atoms. The predicted octanol–water partition coefficient (Wildman–Crippen LogP) is 4.16. The van der Waals surface area contributed by atoms with Crippen molar-refractivity contribution in [1.29, 1.82) is 0 Å². The van der Waals surface area contributed by atoms with E-state index >= 15 is 0 Å². The molecule has 1 unspecified atom stereocenters. The molecule has 0 radical (unpaired) electrons. The Kier molecular flexibility index (Phi) is 6.72. The molecular formula is C25H26F2N4O3. The fourth-order valence-electron chi connectivity index (χ4n) is 4.23. The molecule has 0 saturated carbocycles. The number of alkyl halides is 1. The number of nitrogens with one attached hydrogen (secondary N) is 1. The lowest BCUT2D eigenvalue weighted by molar-refractivity contribution is -0.137. The smallest absolute Gasteiger partial charge is 0.243 e. The number of pyridine rings is 1. The van der Waals surface area contributed by atoms with E-state index in [0.29, 0.717) is 22.5 Å². The van der Waals surface area contributed by atoms with Gasteiger partial charge in [-0.25, -0.2) is 9.37 Å². The minimum Gasteiger partial charge on any atom is -0.356 e. The van der Waals surface area contributed by atoms with E-state index < -0.39 is 30.1 Å². The van der Waals surface area contributed by atoms with Crippen LogP contribution in [0.1, 0.15) is 56.0 Å². The van der Waals surface area contributed by atoms with Gasteiger partial charge in [0.05, 0.1) is 24.5 Å².